The van der Waals surface area contributed by atoms with Gasteiger partial charge in [-0.1, -0.05) is 12.1 Å². The molecule has 0 saturated heterocycles. The van der Waals surface area contributed by atoms with Crippen molar-refractivity contribution >= 4 is 15.0 Å². The lowest BCUT2D eigenvalue weighted by Crippen LogP contribution is -2.33. The van der Waals surface area contributed by atoms with E-state index in [-0.39, 0.29) is 6.10 Å². The summed E-state index contributed by atoms with van der Waals surface area (Å²) in [7, 11) is 3.92. The first-order chi connectivity index (χ1) is 7.85. The predicted molar refractivity (Wildman–Crippen MR) is 66.2 cm³/mol. The van der Waals surface area contributed by atoms with Crippen molar-refractivity contribution in [1.82, 2.24) is 10.3 Å². The third-order valence-electron chi connectivity index (χ3n) is 2.54. The van der Waals surface area contributed by atoms with Crippen LogP contribution in [0.2, 0.25) is 0 Å². The van der Waals surface area contributed by atoms with Crippen molar-refractivity contribution < 1.29 is 9.26 Å². The molecule has 0 saturated carbocycles. The molecule has 0 aromatic carbocycles. The van der Waals surface area contributed by atoms with Crippen LogP contribution in [0.25, 0.3) is 5.57 Å². The van der Waals surface area contributed by atoms with Crippen molar-refractivity contribution in [3.05, 3.63) is 30.0 Å². The molecule has 86 valence electrons. The number of nitrogens with zero attached hydrogens (tertiary/aromatic N) is 1. The van der Waals surface area contributed by atoms with E-state index in [1.807, 2.05) is 18.2 Å². The number of pyridine rings is 1. The van der Waals surface area contributed by atoms with E-state index in [0.717, 1.165) is 24.4 Å². The second-order valence-corrected chi connectivity index (χ2v) is 3.78. The first-order valence-corrected chi connectivity index (χ1v) is 5.60. The van der Waals surface area contributed by atoms with E-state index in [4.69, 9.17) is 9.26 Å². The van der Waals surface area contributed by atoms with Gasteiger partial charge in [0, 0.05) is 34.2 Å². The number of ether oxygens (including phenoxy) is 1. The third-order valence-corrected chi connectivity index (χ3v) is 2.86. The molecule has 1 aromatic rings. The Labute approximate surface area is 97.3 Å². The van der Waals surface area contributed by atoms with Gasteiger partial charge in [-0.2, -0.15) is 0 Å². The summed E-state index contributed by atoms with van der Waals surface area (Å²) in [6.07, 6.45) is 2.12. The zero-order valence-electron chi connectivity index (χ0n) is 9.14. The molecule has 0 bridgehead atoms. The number of nitrogens with one attached hydrogen (secondary N) is 1. The van der Waals surface area contributed by atoms with Gasteiger partial charge in [0.05, 0.1) is 12.8 Å². The minimum atomic E-state index is 0.0263. The van der Waals surface area contributed by atoms with E-state index >= 15 is 0 Å². The molecule has 2 rings (SSSR count). The SMILES string of the molecule is COc1cccc(C2=CCNCC2OP)n1. The fourth-order valence-corrected chi connectivity index (χ4v) is 1.96. The van der Waals surface area contributed by atoms with Gasteiger partial charge in [-0.25, -0.2) is 4.98 Å². The van der Waals surface area contributed by atoms with Crippen LogP contribution < -0.4 is 10.1 Å². The van der Waals surface area contributed by atoms with E-state index in [1.165, 1.54) is 0 Å². The maximum atomic E-state index is 5.34. The van der Waals surface area contributed by atoms with Gasteiger partial charge in [-0.3, -0.25) is 0 Å². The van der Waals surface area contributed by atoms with Gasteiger partial charge in [0.2, 0.25) is 5.88 Å². The van der Waals surface area contributed by atoms with Crippen molar-refractivity contribution in [2.24, 2.45) is 0 Å². The van der Waals surface area contributed by atoms with E-state index in [9.17, 15) is 0 Å². The summed E-state index contributed by atoms with van der Waals surface area (Å²) in [5.41, 5.74) is 2.01. The predicted octanol–water partition coefficient (Wildman–Crippen LogP) is 1.25. The minimum absolute atomic E-state index is 0.0263. The molecule has 2 heterocycles. The van der Waals surface area contributed by atoms with Gasteiger partial charge in [0.1, 0.15) is 6.10 Å². The van der Waals surface area contributed by atoms with Crippen molar-refractivity contribution in [1.29, 1.82) is 0 Å². The summed E-state index contributed by atoms with van der Waals surface area (Å²) >= 11 is 0. The van der Waals surface area contributed by atoms with Crippen LogP contribution in [0.15, 0.2) is 24.3 Å². The summed E-state index contributed by atoms with van der Waals surface area (Å²) in [4.78, 5) is 4.41. The van der Waals surface area contributed by atoms with Gasteiger partial charge in [-0.05, 0) is 6.07 Å². The Morgan fingerprint density at radius 1 is 1.50 bits per heavy atom. The molecule has 2 atom stereocenters. The molecular weight excluding hydrogens is 223 g/mol. The van der Waals surface area contributed by atoms with Crippen LogP contribution >= 0.6 is 9.47 Å². The van der Waals surface area contributed by atoms with E-state index in [1.54, 1.807) is 7.11 Å². The molecule has 1 N–H and O–H groups in total. The van der Waals surface area contributed by atoms with Crippen molar-refractivity contribution in [2.75, 3.05) is 20.2 Å². The third kappa shape index (κ3) is 2.40. The number of aromatic nitrogens is 1. The highest BCUT2D eigenvalue weighted by molar-refractivity contribution is 7.09. The van der Waals surface area contributed by atoms with Gasteiger partial charge < -0.3 is 14.6 Å². The highest BCUT2D eigenvalue weighted by Gasteiger charge is 2.19. The summed E-state index contributed by atoms with van der Waals surface area (Å²) in [5.74, 6) is 0.624. The Morgan fingerprint density at radius 2 is 2.38 bits per heavy atom. The first kappa shape index (κ1) is 11.5. The molecule has 4 nitrogen and oxygen atoms in total. The quantitative estimate of drug-likeness (QED) is 0.805. The number of methoxy groups -OCH3 is 1. The standard InChI is InChI=1S/C11H15N2O2P/c1-14-11-4-2-3-9(13-11)8-5-6-12-7-10(8)15-16/h2-5,10,12H,6-7,16H2,1H3. The normalized spacial score (nSPS) is 20.4. The van der Waals surface area contributed by atoms with E-state index < -0.39 is 0 Å². The van der Waals surface area contributed by atoms with Crippen molar-refractivity contribution in [2.45, 2.75) is 6.10 Å². The van der Waals surface area contributed by atoms with Crippen LogP contribution in [-0.4, -0.2) is 31.3 Å². The maximum absolute atomic E-state index is 5.34. The number of rotatable bonds is 3. The molecule has 1 aromatic heterocycles. The summed E-state index contributed by atoms with van der Waals surface area (Å²) in [5, 5.41) is 3.24. The zero-order valence-corrected chi connectivity index (χ0v) is 10.3. The Bertz CT molecular complexity index is 395. The lowest BCUT2D eigenvalue weighted by molar-refractivity contribution is 0.292. The van der Waals surface area contributed by atoms with Gasteiger partial charge in [0.25, 0.3) is 0 Å². The van der Waals surface area contributed by atoms with E-state index in [2.05, 4.69) is 25.8 Å². The molecule has 5 heteroatoms. The Hall–Kier alpha value is -0.960. The lowest BCUT2D eigenvalue weighted by Gasteiger charge is -2.23. The molecule has 0 fully saturated rings. The van der Waals surface area contributed by atoms with Gasteiger partial charge >= 0.3 is 0 Å². The van der Waals surface area contributed by atoms with Crippen LogP contribution in [0.1, 0.15) is 5.69 Å². The summed E-state index contributed by atoms with van der Waals surface area (Å²) < 4.78 is 10.5. The molecule has 0 spiro atoms. The van der Waals surface area contributed by atoms with Crippen LogP contribution in [-0.2, 0) is 4.52 Å². The van der Waals surface area contributed by atoms with Crippen LogP contribution in [0.5, 0.6) is 5.88 Å². The number of hydrogen-bond donors (Lipinski definition) is 1. The molecule has 1 aliphatic rings. The van der Waals surface area contributed by atoms with Crippen LogP contribution in [0.3, 0.4) is 0 Å². The Kier molecular flexibility index (Phi) is 3.88. The number of hydrogen-bond acceptors (Lipinski definition) is 4. The van der Waals surface area contributed by atoms with Crippen molar-refractivity contribution in [3.63, 3.8) is 0 Å². The molecule has 0 aliphatic carbocycles. The Morgan fingerprint density at radius 3 is 3.12 bits per heavy atom. The average molecular weight is 238 g/mol. The molecule has 2 unspecified atom stereocenters. The highest BCUT2D eigenvalue weighted by Crippen LogP contribution is 2.23. The molecule has 0 radical (unpaired) electrons. The molecule has 0 amide bonds. The largest absolute Gasteiger partial charge is 0.481 e. The fraction of sp³-hybridized carbons (Fsp3) is 0.364. The monoisotopic (exact) mass is 238 g/mol. The molecule has 1 aliphatic heterocycles. The minimum Gasteiger partial charge on any atom is -0.481 e. The topological polar surface area (TPSA) is 43.4 Å². The lowest BCUT2D eigenvalue weighted by atomic mass is 10.0. The first-order valence-electron chi connectivity index (χ1n) is 5.13. The molecular formula is C11H15N2O2P. The fourth-order valence-electron chi connectivity index (χ4n) is 1.72. The second kappa shape index (κ2) is 5.39. The maximum Gasteiger partial charge on any atom is 0.213 e. The second-order valence-electron chi connectivity index (χ2n) is 3.51. The average Bonchev–Trinajstić information content (AvgIpc) is 2.38. The summed E-state index contributed by atoms with van der Waals surface area (Å²) in [6.45, 7) is 1.65. The molecule has 16 heavy (non-hydrogen) atoms. The van der Waals surface area contributed by atoms with E-state index in [0.29, 0.717) is 5.88 Å². The van der Waals surface area contributed by atoms with Crippen molar-refractivity contribution in [3.8, 4) is 5.88 Å². The van der Waals surface area contributed by atoms with Gasteiger partial charge in [-0.15, -0.1) is 0 Å². The zero-order chi connectivity index (χ0) is 11.4. The highest BCUT2D eigenvalue weighted by atomic mass is 31.0. The van der Waals surface area contributed by atoms with Crippen LogP contribution in [0.4, 0.5) is 0 Å². The Balaban J connectivity index is 2.30. The summed E-state index contributed by atoms with van der Waals surface area (Å²) in [6, 6.07) is 5.74. The van der Waals surface area contributed by atoms with Crippen LogP contribution in [0, 0.1) is 0 Å². The smallest absolute Gasteiger partial charge is 0.213 e. The van der Waals surface area contributed by atoms with Gasteiger partial charge in [0.15, 0.2) is 0 Å².